The van der Waals surface area contributed by atoms with Crippen LogP contribution in [-0.2, 0) is 14.4 Å². The van der Waals surface area contributed by atoms with Crippen molar-refractivity contribution < 1.29 is 33.4 Å². The summed E-state index contributed by atoms with van der Waals surface area (Å²) in [5.74, 6) is -1.55. The fourth-order valence-corrected chi connectivity index (χ4v) is 4.78. The third-order valence-corrected chi connectivity index (χ3v) is 6.36. The van der Waals surface area contributed by atoms with Gasteiger partial charge in [0.15, 0.2) is 13.2 Å². The molecule has 2 aromatic rings. The maximum absolute atomic E-state index is 13.5. The minimum Gasteiger partial charge on any atom is -0.484 e. The van der Waals surface area contributed by atoms with Crippen molar-refractivity contribution in [1.82, 2.24) is 10.6 Å². The van der Waals surface area contributed by atoms with E-state index in [2.05, 4.69) is 16.0 Å². The normalized spacial score (nSPS) is 21.7. The summed E-state index contributed by atoms with van der Waals surface area (Å²) in [4.78, 5) is 36.1. The lowest BCUT2D eigenvalue weighted by molar-refractivity contribution is -0.151. The number of carbonyl (C=O) groups excluding carboxylic acids is 3. The molecular formula is C23H22Cl2FN3O6. The van der Waals surface area contributed by atoms with Crippen molar-refractivity contribution in [2.45, 2.75) is 30.3 Å². The monoisotopic (exact) mass is 525 g/mol. The standard InChI is InChI=1S/C23H22Cl2FN3O6/c24-13-1-4-18(17(5-13)27-19(31)7-30)35-9-21(33)29-23-10-22(11-23,12-23)28-20(32)8-34-14-2-3-15(25)16(26)6-14/h1-6,30H,7-12H2,(H,27,31)(H,28,32)(H,29,33). The average Bonchev–Trinajstić information content (AvgIpc) is 2.77. The van der Waals surface area contributed by atoms with Gasteiger partial charge in [0.2, 0.25) is 5.91 Å². The summed E-state index contributed by atoms with van der Waals surface area (Å²) >= 11 is 11.6. The first-order valence-corrected chi connectivity index (χ1v) is 11.4. The van der Waals surface area contributed by atoms with Gasteiger partial charge >= 0.3 is 0 Å². The second kappa shape index (κ2) is 9.88. The molecule has 186 valence electrons. The average molecular weight is 526 g/mol. The van der Waals surface area contributed by atoms with Crippen molar-refractivity contribution in [2.75, 3.05) is 25.1 Å². The number of hydrogen-bond donors (Lipinski definition) is 4. The van der Waals surface area contributed by atoms with Crippen LogP contribution in [-0.4, -0.2) is 53.7 Å². The number of aliphatic hydroxyl groups excluding tert-OH is 1. The first kappa shape index (κ1) is 25.0. The van der Waals surface area contributed by atoms with E-state index in [0.717, 1.165) is 6.07 Å². The van der Waals surface area contributed by atoms with Gasteiger partial charge in [0.1, 0.15) is 23.9 Å². The van der Waals surface area contributed by atoms with Gasteiger partial charge in [0.05, 0.1) is 10.7 Å². The largest absolute Gasteiger partial charge is 0.484 e. The summed E-state index contributed by atoms with van der Waals surface area (Å²) in [6.07, 6.45) is 1.73. The van der Waals surface area contributed by atoms with Crippen molar-refractivity contribution in [3.63, 3.8) is 0 Å². The number of hydrogen-bond acceptors (Lipinski definition) is 6. The molecule has 0 spiro atoms. The Morgan fingerprint density at radius 2 is 1.54 bits per heavy atom. The molecule has 5 rings (SSSR count). The maximum atomic E-state index is 13.5. The smallest absolute Gasteiger partial charge is 0.258 e. The zero-order valence-corrected chi connectivity index (χ0v) is 19.8. The molecule has 0 unspecified atom stereocenters. The van der Waals surface area contributed by atoms with Crippen molar-refractivity contribution in [1.29, 1.82) is 0 Å². The van der Waals surface area contributed by atoms with Gasteiger partial charge < -0.3 is 30.5 Å². The number of nitrogens with one attached hydrogen (secondary N) is 3. The fourth-order valence-electron chi connectivity index (χ4n) is 4.49. The van der Waals surface area contributed by atoms with Gasteiger partial charge in [0.25, 0.3) is 11.8 Å². The third-order valence-electron chi connectivity index (χ3n) is 5.82. The molecule has 4 N–H and O–H groups in total. The molecule has 3 fully saturated rings. The number of ether oxygens (including phenoxy) is 2. The Bertz CT molecular complexity index is 1160. The maximum Gasteiger partial charge on any atom is 0.258 e. The summed E-state index contributed by atoms with van der Waals surface area (Å²) in [6.45, 7) is -1.28. The number of carbonyl (C=O) groups is 3. The van der Waals surface area contributed by atoms with E-state index in [4.69, 9.17) is 37.8 Å². The molecular weight excluding hydrogens is 504 g/mol. The van der Waals surface area contributed by atoms with Gasteiger partial charge in [-0.15, -0.1) is 0 Å². The van der Waals surface area contributed by atoms with Gasteiger partial charge in [0, 0.05) is 22.2 Å². The highest BCUT2D eigenvalue weighted by Crippen LogP contribution is 2.60. The second-order valence-electron chi connectivity index (χ2n) is 8.69. The highest BCUT2D eigenvalue weighted by Gasteiger charge is 2.69. The molecule has 0 atom stereocenters. The lowest BCUT2D eigenvalue weighted by atomic mass is 9.44. The number of halogens is 3. The summed E-state index contributed by atoms with van der Waals surface area (Å²) in [5.41, 5.74) is -0.556. The Morgan fingerprint density at radius 1 is 0.914 bits per heavy atom. The second-order valence-corrected chi connectivity index (χ2v) is 9.53. The minimum absolute atomic E-state index is 0.0320. The van der Waals surface area contributed by atoms with Crippen molar-refractivity contribution in [3.8, 4) is 11.5 Å². The van der Waals surface area contributed by atoms with Crippen LogP contribution in [0.1, 0.15) is 19.3 Å². The molecule has 2 bridgehead atoms. The van der Waals surface area contributed by atoms with Crippen LogP contribution in [0.15, 0.2) is 36.4 Å². The van der Waals surface area contributed by atoms with Gasteiger partial charge in [-0.1, -0.05) is 23.2 Å². The highest BCUT2D eigenvalue weighted by molar-refractivity contribution is 6.31. The first-order valence-electron chi connectivity index (χ1n) is 10.6. The van der Waals surface area contributed by atoms with Crippen molar-refractivity contribution >= 4 is 46.6 Å². The molecule has 0 heterocycles. The molecule has 0 saturated heterocycles. The number of rotatable bonds is 10. The molecule has 9 nitrogen and oxygen atoms in total. The van der Waals surface area contributed by atoms with Crippen LogP contribution >= 0.6 is 23.2 Å². The summed E-state index contributed by atoms with van der Waals surface area (Å²) in [6, 6.07) is 8.43. The lowest BCUT2D eigenvalue weighted by Crippen LogP contribution is -2.84. The van der Waals surface area contributed by atoms with Crippen LogP contribution in [0, 0.1) is 5.82 Å². The SMILES string of the molecule is O=C(CO)Nc1cc(Cl)ccc1OCC(=O)NC12CC(NC(=O)COc3ccc(Cl)c(F)c3)(C1)C2. The Hall–Kier alpha value is -3.08. The molecule has 12 heteroatoms. The molecule has 3 amide bonds. The summed E-state index contributed by atoms with van der Waals surface area (Å²) in [5, 5.41) is 17.5. The van der Waals surface area contributed by atoms with Crippen LogP contribution < -0.4 is 25.4 Å². The number of aliphatic hydroxyl groups is 1. The van der Waals surface area contributed by atoms with E-state index in [0.29, 0.717) is 24.3 Å². The van der Waals surface area contributed by atoms with Gasteiger partial charge in [-0.05, 0) is 49.6 Å². The van der Waals surface area contributed by atoms with Crippen LogP contribution in [0.2, 0.25) is 10.0 Å². The van der Waals surface area contributed by atoms with Crippen LogP contribution in [0.25, 0.3) is 0 Å². The van der Waals surface area contributed by atoms with Crippen molar-refractivity contribution in [3.05, 3.63) is 52.3 Å². The van der Waals surface area contributed by atoms with Crippen molar-refractivity contribution in [2.24, 2.45) is 0 Å². The Kier molecular flexibility index (Phi) is 7.07. The van der Waals surface area contributed by atoms with E-state index in [1.54, 1.807) is 6.07 Å². The van der Waals surface area contributed by atoms with Gasteiger partial charge in [-0.3, -0.25) is 14.4 Å². The molecule has 0 aromatic heterocycles. The number of anilines is 1. The lowest BCUT2D eigenvalue weighted by Gasteiger charge is -2.70. The summed E-state index contributed by atoms with van der Waals surface area (Å²) in [7, 11) is 0. The van der Waals surface area contributed by atoms with Crippen LogP contribution in [0.3, 0.4) is 0 Å². The predicted octanol–water partition coefficient (Wildman–Crippen LogP) is 2.43. The van der Waals surface area contributed by atoms with E-state index in [1.165, 1.54) is 24.3 Å². The molecule has 0 aliphatic heterocycles. The molecule has 3 aliphatic rings. The third kappa shape index (κ3) is 5.77. The zero-order chi connectivity index (χ0) is 25.2. The van der Waals surface area contributed by atoms with Crippen LogP contribution in [0.5, 0.6) is 11.5 Å². The first-order chi connectivity index (χ1) is 16.6. The zero-order valence-electron chi connectivity index (χ0n) is 18.3. The van der Waals surface area contributed by atoms with E-state index in [1.807, 2.05) is 0 Å². The molecule has 2 aromatic carbocycles. The van der Waals surface area contributed by atoms with E-state index in [9.17, 15) is 18.8 Å². The molecule has 3 aliphatic carbocycles. The topological polar surface area (TPSA) is 126 Å². The highest BCUT2D eigenvalue weighted by atomic mass is 35.5. The minimum atomic E-state index is -0.709. The quantitative estimate of drug-likeness (QED) is 0.377. The Balaban J connectivity index is 1.20. The summed E-state index contributed by atoms with van der Waals surface area (Å²) < 4.78 is 24.3. The van der Waals surface area contributed by atoms with Gasteiger partial charge in [-0.25, -0.2) is 4.39 Å². The predicted molar refractivity (Wildman–Crippen MR) is 125 cm³/mol. The molecule has 0 radical (unpaired) electrons. The van der Waals surface area contributed by atoms with E-state index < -0.39 is 29.4 Å². The van der Waals surface area contributed by atoms with Crippen LogP contribution in [0.4, 0.5) is 10.1 Å². The number of amides is 3. The van der Waals surface area contributed by atoms with E-state index >= 15 is 0 Å². The number of benzene rings is 2. The van der Waals surface area contributed by atoms with E-state index in [-0.39, 0.29) is 47.2 Å². The van der Waals surface area contributed by atoms with Gasteiger partial charge in [-0.2, -0.15) is 0 Å². The Labute approximate surface area is 209 Å². The molecule has 3 saturated carbocycles. The Morgan fingerprint density at radius 3 is 2.14 bits per heavy atom. The molecule has 35 heavy (non-hydrogen) atoms. The fraction of sp³-hybridized carbons (Fsp3) is 0.348.